The summed E-state index contributed by atoms with van der Waals surface area (Å²) >= 11 is 0. The van der Waals surface area contributed by atoms with E-state index in [1.807, 2.05) is 0 Å². The zero-order chi connectivity index (χ0) is 15.5. The Balaban J connectivity index is 1.64. The van der Waals surface area contributed by atoms with Gasteiger partial charge in [-0.15, -0.1) is 0 Å². The van der Waals surface area contributed by atoms with E-state index in [1.165, 1.54) is 44.1 Å². The quantitative estimate of drug-likeness (QED) is 0.721. The topological polar surface area (TPSA) is 40.5 Å². The molecule has 4 aliphatic carbocycles. The van der Waals surface area contributed by atoms with E-state index in [4.69, 9.17) is 0 Å². The molecular weight excluding hydrogens is 272 g/mol. The largest absolute Gasteiger partial charge is 0.393 e. The highest BCUT2D eigenvalue weighted by atomic mass is 16.3. The Kier molecular flexibility index (Phi) is 3.51. The van der Waals surface area contributed by atoms with E-state index in [9.17, 15) is 10.2 Å². The summed E-state index contributed by atoms with van der Waals surface area (Å²) in [5, 5.41) is 20.1. The fourth-order valence-corrected chi connectivity index (χ4v) is 7.16. The molecule has 22 heavy (non-hydrogen) atoms. The van der Waals surface area contributed by atoms with Crippen molar-refractivity contribution in [3.05, 3.63) is 11.6 Å². The van der Waals surface area contributed by atoms with E-state index >= 15 is 0 Å². The lowest BCUT2D eigenvalue weighted by molar-refractivity contribution is -0.110. The molecule has 124 valence electrons. The molecule has 0 amide bonds. The number of rotatable bonds is 1. The maximum atomic E-state index is 10.5. The molecule has 0 heterocycles. The van der Waals surface area contributed by atoms with E-state index in [1.54, 1.807) is 0 Å². The lowest BCUT2D eigenvalue weighted by Crippen LogP contribution is -2.53. The predicted molar refractivity (Wildman–Crippen MR) is 88.3 cm³/mol. The van der Waals surface area contributed by atoms with Crippen molar-refractivity contribution in [3.63, 3.8) is 0 Å². The minimum Gasteiger partial charge on any atom is -0.393 e. The van der Waals surface area contributed by atoms with Gasteiger partial charge in [0.2, 0.25) is 0 Å². The predicted octanol–water partition coefficient (Wildman–Crippen LogP) is 3.92. The van der Waals surface area contributed by atoms with Gasteiger partial charge in [0.15, 0.2) is 0 Å². The van der Waals surface area contributed by atoms with Crippen LogP contribution in [0.1, 0.15) is 65.2 Å². The Hall–Kier alpha value is -0.340. The van der Waals surface area contributed by atoms with Crippen LogP contribution in [0.3, 0.4) is 0 Å². The minimum absolute atomic E-state index is 0.0664. The fraction of sp³-hybridized carbons (Fsp3) is 0.900. The number of fused-ring (bicyclic) bond motifs is 5. The first-order valence-corrected chi connectivity index (χ1v) is 9.46. The van der Waals surface area contributed by atoms with Crippen LogP contribution in [0.2, 0.25) is 0 Å². The van der Waals surface area contributed by atoms with Crippen molar-refractivity contribution in [1.29, 1.82) is 0 Å². The third-order valence-electron chi connectivity index (χ3n) is 8.52. The number of aliphatic hydroxyl groups excluding tert-OH is 2. The molecule has 0 bridgehead atoms. The third-order valence-corrected chi connectivity index (χ3v) is 8.52. The van der Waals surface area contributed by atoms with E-state index in [-0.39, 0.29) is 18.1 Å². The van der Waals surface area contributed by atoms with Crippen LogP contribution >= 0.6 is 0 Å². The monoisotopic (exact) mass is 304 g/mol. The van der Waals surface area contributed by atoms with Crippen molar-refractivity contribution in [2.45, 2.75) is 71.3 Å². The molecule has 4 rings (SSSR count). The lowest BCUT2D eigenvalue weighted by atomic mass is 9.45. The Morgan fingerprint density at radius 3 is 2.59 bits per heavy atom. The number of aliphatic hydroxyl groups is 2. The molecule has 2 heteroatoms. The van der Waals surface area contributed by atoms with Gasteiger partial charge in [-0.3, -0.25) is 0 Å². The van der Waals surface area contributed by atoms with Gasteiger partial charge in [0.1, 0.15) is 0 Å². The molecule has 3 saturated carbocycles. The summed E-state index contributed by atoms with van der Waals surface area (Å²) in [5.41, 5.74) is 1.86. The molecule has 2 N–H and O–H groups in total. The van der Waals surface area contributed by atoms with E-state index < -0.39 is 0 Å². The molecule has 0 spiro atoms. The molecule has 4 aliphatic rings. The Labute approximate surface area is 135 Å². The minimum atomic E-state index is -0.0664. The van der Waals surface area contributed by atoms with Crippen LogP contribution in [-0.4, -0.2) is 22.9 Å². The van der Waals surface area contributed by atoms with Gasteiger partial charge >= 0.3 is 0 Å². The summed E-state index contributed by atoms with van der Waals surface area (Å²) in [5.74, 6) is 3.18. The maximum absolute atomic E-state index is 10.5. The summed E-state index contributed by atoms with van der Waals surface area (Å²) in [6, 6.07) is 0. The normalized spacial score (nSPS) is 54.2. The van der Waals surface area contributed by atoms with Gasteiger partial charge in [0, 0.05) is 0 Å². The molecule has 0 unspecified atom stereocenters. The SMILES string of the molecule is C[C@]12CC(CO)=CC[C@@H]1CC[C@@H]1[C@@H]2CC[C@]2(C)[C@H](O)CC[C@@H]12. The second-order valence-electron chi connectivity index (χ2n) is 9.23. The van der Waals surface area contributed by atoms with Crippen molar-refractivity contribution < 1.29 is 10.2 Å². The first-order chi connectivity index (χ1) is 10.5. The van der Waals surface area contributed by atoms with Crippen LogP contribution in [0.25, 0.3) is 0 Å². The van der Waals surface area contributed by atoms with Gasteiger partial charge in [-0.05, 0) is 91.4 Å². The van der Waals surface area contributed by atoms with Gasteiger partial charge in [-0.1, -0.05) is 19.9 Å². The molecular formula is C20H32O2. The first-order valence-electron chi connectivity index (χ1n) is 9.46. The Bertz CT molecular complexity index is 484. The van der Waals surface area contributed by atoms with Crippen molar-refractivity contribution in [1.82, 2.24) is 0 Å². The second kappa shape index (κ2) is 5.08. The van der Waals surface area contributed by atoms with Crippen molar-refractivity contribution in [3.8, 4) is 0 Å². The smallest absolute Gasteiger partial charge is 0.0641 e. The van der Waals surface area contributed by atoms with Gasteiger partial charge < -0.3 is 10.2 Å². The van der Waals surface area contributed by atoms with E-state index in [2.05, 4.69) is 19.9 Å². The van der Waals surface area contributed by atoms with Crippen molar-refractivity contribution >= 4 is 0 Å². The molecule has 0 aromatic carbocycles. The molecule has 3 fully saturated rings. The van der Waals surface area contributed by atoms with Crippen LogP contribution in [0.4, 0.5) is 0 Å². The molecule has 0 aliphatic heterocycles. The van der Waals surface area contributed by atoms with Gasteiger partial charge in [0.25, 0.3) is 0 Å². The average molecular weight is 304 g/mol. The van der Waals surface area contributed by atoms with Gasteiger partial charge in [-0.25, -0.2) is 0 Å². The zero-order valence-corrected chi connectivity index (χ0v) is 14.2. The first kappa shape index (κ1) is 15.2. The second-order valence-corrected chi connectivity index (χ2v) is 9.23. The Morgan fingerprint density at radius 2 is 1.82 bits per heavy atom. The van der Waals surface area contributed by atoms with Crippen LogP contribution in [0, 0.1) is 34.5 Å². The maximum Gasteiger partial charge on any atom is 0.0641 e. The zero-order valence-electron chi connectivity index (χ0n) is 14.2. The number of hydrogen-bond donors (Lipinski definition) is 2. The van der Waals surface area contributed by atoms with Crippen LogP contribution < -0.4 is 0 Å². The summed E-state index contributed by atoms with van der Waals surface area (Å²) in [6.07, 6.45) is 12.0. The van der Waals surface area contributed by atoms with E-state index in [0.717, 1.165) is 36.5 Å². The standard InChI is InChI=1S/C20H32O2/c1-19-10-9-17-15(16(19)7-8-18(19)22)6-5-14-4-3-13(12-21)11-20(14,17)2/h3,14-18,21-22H,4-12H2,1-2H3/t14-,15+,16+,17+,18-,19+,20+/m1/s1. The highest BCUT2D eigenvalue weighted by molar-refractivity contribution is 5.17. The summed E-state index contributed by atoms with van der Waals surface area (Å²) < 4.78 is 0. The van der Waals surface area contributed by atoms with Crippen LogP contribution in [0.15, 0.2) is 11.6 Å². The fourth-order valence-electron chi connectivity index (χ4n) is 7.16. The molecule has 0 aromatic rings. The van der Waals surface area contributed by atoms with Gasteiger partial charge in [0.05, 0.1) is 12.7 Å². The molecule has 7 atom stereocenters. The summed E-state index contributed by atoms with van der Waals surface area (Å²) in [4.78, 5) is 0. The average Bonchev–Trinajstić information content (AvgIpc) is 2.81. The molecule has 2 nitrogen and oxygen atoms in total. The van der Waals surface area contributed by atoms with Gasteiger partial charge in [-0.2, -0.15) is 0 Å². The third kappa shape index (κ3) is 1.92. The number of allylic oxidation sites excluding steroid dienone is 1. The molecule has 0 saturated heterocycles. The Morgan fingerprint density at radius 1 is 1.05 bits per heavy atom. The molecule has 0 radical (unpaired) electrons. The highest BCUT2D eigenvalue weighted by Gasteiger charge is 2.59. The summed E-state index contributed by atoms with van der Waals surface area (Å²) in [7, 11) is 0. The van der Waals surface area contributed by atoms with Crippen molar-refractivity contribution in [2.24, 2.45) is 34.5 Å². The highest BCUT2D eigenvalue weighted by Crippen LogP contribution is 2.66. The summed E-state index contributed by atoms with van der Waals surface area (Å²) in [6.45, 7) is 5.13. The lowest BCUT2D eigenvalue weighted by Gasteiger charge is -2.60. The molecule has 0 aromatic heterocycles. The van der Waals surface area contributed by atoms with E-state index in [0.29, 0.717) is 5.41 Å². The van der Waals surface area contributed by atoms with Crippen molar-refractivity contribution in [2.75, 3.05) is 6.61 Å². The van der Waals surface area contributed by atoms with Crippen LogP contribution in [-0.2, 0) is 0 Å². The van der Waals surface area contributed by atoms with Crippen LogP contribution in [0.5, 0.6) is 0 Å². The number of hydrogen-bond acceptors (Lipinski definition) is 2.